The van der Waals surface area contributed by atoms with Crippen LogP contribution in [-0.4, -0.2) is 66.4 Å². The number of benzene rings is 2. The number of morpholine rings is 1. The molecule has 1 aliphatic heterocycles. The lowest BCUT2D eigenvalue weighted by Crippen LogP contribution is -2.41. The minimum absolute atomic E-state index is 0.176. The minimum Gasteiger partial charge on any atom is -0.507 e. The van der Waals surface area contributed by atoms with Crippen molar-refractivity contribution in [2.45, 2.75) is 6.92 Å². The van der Waals surface area contributed by atoms with Gasteiger partial charge in [-0.25, -0.2) is 9.59 Å². The van der Waals surface area contributed by atoms with Gasteiger partial charge in [-0.05, 0) is 42.3 Å². The zero-order chi connectivity index (χ0) is 23.5. The molecule has 0 atom stereocenters. The van der Waals surface area contributed by atoms with Crippen molar-refractivity contribution in [1.82, 2.24) is 10.2 Å². The summed E-state index contributed by atoms with van der Waals surface area (Å²) in [6.45, 7) is 6.07. The van der Waals surface area contributed by atoms with Gasteiger partial charge in [-0.1, -0.05) is 12.1 Å². The van der Waals surface area contributed by atoms with Crippen molar-refractivity contribution < 1.29 is 29.0 Å². The number of ether oxygens (including phenoxy) is 1. The molecule has 9 nitrogen and oxygen atoms in total. The molecule has 0 aliphatic carbocycles. The maximum atomic E-state index is 12.7. The molecule has 1 aliphatic rings. The van der Waals surface area contributed by atoms with Crippen LogP contribution >= 0.6 is 0 Å². The Morgan fingerprint density at radius 3 is 2.45 bits per heavy atom. The monoisotopic (exact) mass is 452 g/mol. The number of rotatable bonds is 6. The molecular formula is C24H24N2O7. The number of carboxylic acid groups (broad SMARTS) is 1. The number of aromatic hydroxyl groups is 1. The summed E-state index contributed by atoms with van der Waals surface area (Å²) in [4.78, 5) is 38.9. The van der Waals surface area contributed by atoms with Gasteiger partial charge in [0.05, 0.1) is 18.8 Å². The van der Waals surface area contributed by atoms with Crippen LogP contribution in [0.5, 0.6) is 5.75 Å². The molecule has 1 fully saturated rings. The molecule has 33 heavy (non-hydrogen) atoms. The summed E-state index contributed by atoms with van der Waals surface area (Å²) in [6, 6.07) is 9.33. The van der Waals surface area contributed by atoms with E-state index in [2.05, 4.69) is 10.2 Å². The second kappa shape index (κ2) is 9.43. The lowest BCUT2D eigenvalue weighted by Gasteiger charge is -2.26. The molecule has 0 radical (unpaired) electrons. The van der Waals surface area contributed by atoms with Gasteiger partial charge >= 0.3 is 11.6 Å². The first-order valence-electron chi connectivity index (χ1n) is 10.6. The molecule has 1 amide bonds. The number of nitrogens with one attached hydrogen (secondary N) is 1. The maximum Gasteiger partial charge on any atom is 0.344 e. The van der Waals surface area contributed by atoms with E-state index in [1.807, 2.05) is 0 Å². The molecule has 3 N–H and O–H groups in total. The molecule has 2 heterocycles. The molecule has 1 aromatic heterocycles. The zero-order valence-electron chi connectivity index (χ0n) is 18.1. The Balaban J connectivity index is 1.55. The number of nitrogens with zero attached hydrogens (tertiary/aromatic N) is 1. The Hall–Kier alpha value is -3.69. The Bertz CT molecular complexity index is 1260. The lowest BCUT2D eigenvalue weighted by molar-refractivity contribution is 0.0383. The Morgan fingerprint density at radius 1 is 1.09 bits per heavy atom. The van der Waals surface area contributed by atoms with Gasteiger partial charge in [0.1, 0.15) is 11.3 Å². The minimum atomic E-state index is -1.39. The van der Waals surface area contributed by atoms with Gasteiger partial charge in [-0.15, -0.1) is 0 Å². The molecule has 9 heteroatoms. The van der Waals surface area contributed by atoms with Crippen LogP contribution in [0.4, 0.5) is 0 Å². The Morgan fingerprint density at radius 2 is 1.79 bits per heavy atom. The molecule has 1 saturated heterocycles. The molecule has 0 spiro atoms. The first-order chi connectivity index (χ1) is 15.9. The van der Waals surface area contributed by atoms with Crippen LogP contribution in [0, 0.1) is 6.92 Å². The number of fused-ring (bicyclic) bond motifs is 1. The molecule has 3 aromatic rings. The van der Waals surface area contributed by atoms with Crippen LogP contribution in [-0.2, 0) is 4.74 Å². The predicted molar refractivity (Wildman–Crippen MR) is 121 cm³/mol. The van der Waals surface area contributed by atoms with Crippen LogP contribution < -0.4 is 10.9 Å². The van der Waals surface area contributed by atoms with Crippen molar-refractivity contribution >= 4 is 22.8 Å². The number of carbonyl (C=O) groups excluding carboxylic acids is 1. The number of hydrogen-bond donors (Lipinski definition) is 3. The Labute approximate surface area is 189 Å². The number of carboxylic acids is 1. The van der Waals surface area contributed by atoms with Crippen LogP contribution in [0.15, 0.2) is 45.6 Å². The van der Waals surface area contributed by atoms with E-state index in [9.17, 15) is 24.6 Å². The van der Waals surface area contributed by atoms with E-state index in [1.54, 1.807) is 31.2 Å². The van der Waals surface area contributed by atoms with Crippen molar-refractivity contribution in [2.24, 2.45) is 0 Å². The smallest absolute Gasteiger partial charge is 0.344 e. The van der Waals surface area contributed by atoms with Gasteiger partial charge in [0, 0.05) is 37.1 Å². The fourth-order valence-electron chi connectivity index (χ4n) is 3.99. The number of amides is 1. The number of aryl methyl sites for hydroxylation is 1. The first kappa shape index (κ1) is 22.5. The second-order valence-electron chi connectivity index (χ2n) is 7.82. The Kier molecular flexibility index (Phi) is 6.43. The first-order valence-corrected chi connectivity index (χ1v) is 10.6. The average Bonchev–Trinajstić information content (AvgIpc) is 2.79. The van der Waals surface area contributed by atoms with E-state index in [0.717, 1.165) is 19.6 Å². The number of aromatic carboxylic acids is 1. The van der Waals surface area contributed by atoms with Crippen molar-refractivity contribution in [2.75, 3.05) is 39.4 Å². The third-order valence-corrected chi connectivity index (χ3v) is 5.78. The molecule has 172 valence electrons. The van der Waals surface area contributed by atoms with Crippen molar-refractivity contribution in [3.8, 4) is 16.9 Å². The normalized spacial score (nSPS) is 14.3. The van der Waals surface area contributed by atoms with Crippen molar-refractivity contribution in [3.05, 3.63) is 63.5 Å². The van der Waals surface area contributed by atoms with Crippen LogP contribution in [0.3, 0.4) is 0 Å². The lowest BCUT2D eigenvalue weighted by atomic mass is 9.97. The third kappa shape index (κ3) is 4.59. The summed E-state index contributed by atoms with van der Waals surface area (Å²) < 4.78 is 10.6. The number of hydrogen-bond acceptors (Lipinski definition) is 7. The third-order valence-electron chi connectivity index (χ3n) is 5.78. The SMILES string of the molecule is Cc1c(-c2ccc(C(=O)NCCN3CCOCC3)cc2)c(=O)oc2c(C(=O)O)c(O)ccc12. The number of phenols is 1. The molecule has 2 aromatic carbocycles. The van der Waals surface area contributed by atoms with Crippen LogP contribution in [0.1, 0.15) is 26.3 Å². The summed E-state index contributed by atoms with van der Waals surface area (Å²) >= 11 is 0. The molecule has 0 unspecified atom stereocenters. The summed E-state index contributed by atoms with van der Waals surface area (Å²) in [5, 5.41) is 22.6. The molecule has 4 rings (SSSR count). The second-order valence-corrected chi connectivity index (χ2v) is 7.82. The van der Waals surface area contributed by atoms with E-state index in [4.69, 9.17) is 9.15 Å². The zero-order valence-corrected chi connectivity index (χ0v) is 18.1. The van der Waals surface area contributed by atoms with E-state index in [-0.39, 0.29) is 17.1 Å². The van der Waals surface area contributed by atoms with Gasteiger partial charge < -0.3 is 24.7 Å². The van der Waals surface area contributed by atoms with E-state index in [0.29, 0.717) is 41.8 Å². The summed E-state index contributed by atoms with van der Waals surface area (Å²) in [7, 11) is 0. The van der Waals surface area contributed by atoms with Crippen molar-refractivity contribution in [3.63, 3.8) is 0 Å². The standard InChI is InChI=1S/C24H24N2O7/c1-14-17-6-7-18(27)20(23(29)30)21(17)33-24(31)19(14)15-2-4-16(5-3-15)22(28)25-8-9-26-10-12-32-13-11-26/h2-7,27H,8-13H2,1H3,(H,25,28)(H,29,30). The summed E-state index contributed by atoms with van der Waals surface area (Å²) in [5.41, 5.74) is 0.430. The van der Waals surface area contributed by atoms with Gasteiger partial charge in [0.15, 0.2) is 5.58 Å². The highest BCUT2D eigenvalue weighted by atomic mass is 16.5. The predicted octanol–water partition coefficient (Wildman–Crippen LogP) is 2.23. The molecule has 0 saturated carbocycles. The topological polar surface area (TPSA) is 129 Å². The van der Waals surface area contributed by atoms with Gasteiger partial charge in [-0.2, -0.15) is 0 Å². The highest BCUT2D eigenvalue weighted by molar-refractivity contribution is 6.05. The van der Waals surface area contributed by atoms with E-state index < -0.39 is 22.9 Å². The largest absolute Gasteiger partial charge is 0.507 e. The molecular weight excluding hydrogens is 428 g/mol. The van der Waals surface area contributed by atoms with E-state index in [1.165, 1.54) is 12.1 Å². The van der Waals surface area contributed by atoms with Crippen LogP contribution in [0.2, 0.25) is 0 Å². The summed E-state index contributed by atoms with van der Waals surface area (Å²) in [5.74, 6) is -2.08. The van der Waals surface area contributed by atoms with Gasteiger partial charge in [-0.3, -0.25) is 9.69 Å². The van der Waals surface area contributed by atoms with Gasteiger partial charge in [0.2, 0.25) is 0 Å². The number of carbonyl (C=O) groups is 2. The fourth-order valence-corrected chi connectivity index (χ4v) is 3.99. The highest BCUT2D eigenvalue weighted by Crippen LogP contribution is 2.32. The van der Waals surface area contributed by atoms with E-state index >= 15 is 0 Å². The quantitative estimate of drug-likeness (QED) is 0.486. The van der Waals surface area contributed by atoms with Gasteiger partial charge in [0.25, 0.3) is 5.91 Å². The van der Waals surface area contributed by atoms with Crippen LogP contribution in [0.25, 0.3) is 22.1 Å². The fraction of sp³-hybridized carbons (Fsp3) is 0.292. The maximum absolute atomic E-state index is 12.7. The van der Waals surface area contributed by atoms with Crippen molar-refractivity contribution in [1.29, 1.82) is 0 Å². The summed E-state index contributed by atoms with van der Waals surface area (Å²) in [6.07, 6.45) is 0. The average molecular weight is 452 g/mol. The molecule has 0 bridgehead atoms. The highest BCUT2D eigenvalue weighted by Gasteiger charge is 2.21.